The molecule has 0 amide bonds. The monoisotopic (exact) mass is 326 g/mol. The first-order valence-corrected chi connectivity index (χ1v) is 9.23. The minimum atomic E-state index is -3.30. The minimum absolute atomic E-state index is 0.0397. The number of hydrogen-bond donors (Lipinski definition) is 0. The molecule has 2 unspecified atom stereocenters. The fraction of sp³-hybridized carbons (Fsp3) is 0.562. The van der Waals surface area contributed by atoms with Crippen molar-refractivity contribution in [2.24, 2.45) is 5.92 Å². The summed E-state index contributed by atoms with van der Waals surface area (Å²) >= 11 is 0. The first-order chi connectivity index (χ1) is 10.5. The predicted octanol–water partition coefficient (Wildman–Crippen LogP) is 2.21. The molecule has 2 atom stereocenters. The lowest BCUT2D eigenvalue weighted by molar-refractivity contribution is -0.145. The van der Waals surface area contributed by atoms with Gasteiger partial charge in [-0.05, 0) is 31.4 Å². The second kappa shape index (κ2) is 7.63. The highest BCUT2D eigenvalue weighted by molar-refractivity contribution is 7.92. The van der Waals surface area contributed by atoms with E-state index < -0.39 is 27.0 Å². The second-order valence-electron chi connectivity index (χ2n) is 5.48. The van der Waals surface area contributed by atoms with E-state index in [9.17, 15) is 13.2 Å². The van der Waals surface area contributed by atoms with Gasteiger partial charge in [0.15, 0.2) is 9.84 Å². The highest BCUT2D eigenvalue weighted by Crippen LogP contribution is 2.32. The molecule has 0 N–H and O–H groups in total. The molecule has 2 rings (SSSR count). The van der Waals surface area contributed by atoms with Crippen LogP contribution in [0, 0.1) is 5.92 Å². The van der Waals surface area contributed by atoms with Crippen LogP contribution in [0.2, 0.25) is 0 Å². The standard InChI is InChI=1S/C16H22O5S/c1-20-16(17)14-9-5-10-15(14)22(18,19)12-6-11-21-13-7-3-2-4-8-13/h2-4,7-8,14-15H,5-6,9-12H2,1H3. The highest BCUT2D eigenvalue weighted by Gasteiger charge is 2.41. The Morgan fingerprint density at radius 1 is 1.23 bits per heavy atom. The van der Waals surface area contributed by atoms with Crippen molar-refractivity contribution < 1.29 is 22.7 Å². The molecule has 1 aliphatic rings. The van der Waals surface area contributed by atoms with Gasteiger partial charge < -0.3 is 9.47 Å². The average Bonchev–Trinajstić information content (AvgIpc) is 3.02. The van der Waals surface area contributed by atoms with Crippen LogP contribution >= 0.6 is 0 Å². The topological polar surface area (TPSA) is 69.7 Å². The molecule has 0 radical (unpaired) electrons. The predicted molar refractivity (Wildman–Crippen MR) is 83.5 cm³/mol. The van der Waals surface area contributed by atoms with E-state index in [1.54, 1.807) is 0 Å². The van der Waals surface area contributed by atoms with Crippen LogP contribution < -0.4 is 4.74 Å². The van der Waals surface area contributed by atoms with Crippen LogP contribution in [-0.4, -0.2) is 39.1 Å². The lowest BCUT2D eigenvalue weighted by Gasteiger charge is -2.18. The highest BCUT2D eigenvalue weighted by atomic mass is 32.2. The van der Waals surface area contributed by atoms with Gasteiger partial charge in [0.2, 0.25) is 0 Å². The Morgan fingerprint density at radius 3 is 2.64 bits per heavy atom. The van der Waals surface area contributed by atoms with Gasteiger partial charge in [-0.3, -0.25) is 4.79 Å². The second-order valence-corrected chi connectivity index (χ2v) is 7.82. The van der Waals surface area contributed by atoms with E-state index in [2.05, 4.69) is 0 Å². The summed E-state index contributed by atoms with van der Waals surface area (Å²) in [6, 6.07) is 9.29. The van der Waals surface area contributed by atoms with Gasteiger partial charge in [-0.25, -0.2) is 8.42 Å². The lowest BCUT2D eigenvalue weighted by Crippen LogP contribution is -2.33. The molecule has 0 bridgehead atoms. The molecule has 6 heteroatoms. The van der Waals surface area contributed by atoms with E-state index >= 15 is 0 Å². The van der Waals surface area contributed by atoms with Crippen LogP contribution in [0.25, 0.3) is 0 Å². The molecule has 1 fully saturated rings. The Hall–Kier alpha value is -1.56. The van der Waals surface area contributed by atoms with E-state index in [0.29, 0.717) is 25.9 Å². The molecule has 1 aromatic carbocycles. The van der Waals surface area contributed by atoms with Crippen molar-refractivity contribution >= 4 is 15.8 Å². The fourth-order valence-corrected chi connectivity index (χ4v) is 4.99. The van der Waals surface area contributed by atoms with Gasteiger partial charge in [-0.1, -0.05) is 24.6 Å². The number of carbonyl (C=O) groups excluding carboxylic acids is 1. The Kier molecular flexibility index (Phi) is 5.83. The lowest BCUT2D eigenvalue weighted by atomic mass is 10.1. The number of sulfone groups is 1. The van der Waals surface area contributed by atoms with E-state index in [4.69, 9.17) is 9.47 Å². The van der Waals surface area contributed by atoms with Gasteiger partial charge in [0, 0.05) is 0 Å². The summed E-state index contributed by atoms with van der Waals surface area (Å²) in [6.45, 7) is 0.346. The SMILES string of the molecule is COC(=O)C1CCCC1S(=O)(=O)CCCOc1ccccc1. The van der Waals surface area contributed by atoms with E-state index in [1.165, 1.54) is 7.11 Å². The van der Waals surface area contributed by atoms with Crippen molar-refractivity contribution in [1.82, 2.24) is 0 Å². The Balaban J connectivity index is 1.84. The molecule has 0 heterocycles. The Labute approximate surface area is 131 Å². The van der Waals surface area contributed by atoms with Gasteiger partial charge >= 0.3 is 5.97 Å². The fourth-order valence-electron chi connectivity index (χ4n) is 2.90. The van der Waals surface area contributed by atoms with Gasteiger partial charge in [0.25, 0.3) is 0 Å². The number of carbonyl (C=O) groups is 1. The largest absolute Gasteiger partial charge is 0.494 e. The molecule has 0 saturated heterocycles. The van der Waals surface area contributed by atoms with Crippen molar-refractivity contribution in [3.05, 3.63) is 30.3 Å². The van der Waals surface area contributed by atoms with Crippen LogP contribution in [0.15, 0.2) is 30.3 Å². The van der Waals surface area contributed by atoms with Crippen molar-refractivity contribution in [3.63, 3.8) is 0 Å². The molecular weight excluding hydrogens is 304 g/mol. The summed E-state index contributed by atoms with van der Waals surface area (Å²) in [7, 11) is -2.00. The summed E-state index contributed by atoms with van der Waals surface area (Å²) in [6.07, 6.45) is 2.31. The van der Waals surface area contributed by atoms with Crippen LogP contribution in [0.4, 0.5) is 0 Å². The molecule has 1 saturated carbocycles. The smallest absolute Gasteiger partial charge is 0.309 e. The summed E-state index contributed by atoms with van der Waals surface area (Å²) in [5.41, 5.74) is 0. The normalized spacial score (nSPS) is 21.5. The molecule has 1 aromatic rings. The van der Waals surface area contributed by atoms with E-state index in [-0.39, 0.29) is 5.75 Å². The summed E-state index contributed by atoms with van der Waals surface area (Å²) in [5.74, 6) is -0.150. The number of para-hydroxylation sites is 1. The Bertz CT molecular complexity index is 582. The zero-order valence-electron chi connectivity index (χ0n) is 12.7. The van der Waals surface area contributed by atoms with Crippen LogP contribution in [-0.2, 0) is 19.4 Å². The van der Waals surface area contributed by atoms with E-state index in [0.717, 1.165) is 12.2 Å². The number of benzene rings is 1. The first-order valence-electron chi connectivity index (χ1n) is 7.52. The van der Waals surface area contributed by atoms with Crippen molar-refractivity contribution in [2.45, 2.75) is 30.9 Å². The van der Waals surface area contributed by atoms with Crippen molar-refractivity contribution in [2.75, 3.05) is 19.5 Å². The van der Waals surface area contributed by atoms with Gasteiger partial charge in [-0.15, -0.1) is 0 Å². The molecule has 0 spiro atoms. The zero-order chi connectivity index (χ0) is 16.0. The summed E-state index contributed by atoms with van der Waals surface area (Å²) in [5, 5.41) is -0.600. The molecule has 0 aliphatic heterocycles. The molecule has 5 nitrogen and oxygen atoms in total. The number of ether oxygens (including phenoxy) is 2. The van der Waals surface area contributed by atoms with Crippen LogP contribution in [0.5, 0.6) is 5.75 Å². The van der Waals surface area contributed by atoms with Gasteiger partial charge in [0.1, 0.15) is 5.75 Å². The number of hydrogen-bond acceptors (Lipinski definition) is 5. The maximum Gasteiger partial charge on any atom is 0.309 e. The summed E-state index contributed by atoms with van der Waals surface area (Å²) < 4.78 is 35.0. The summed E-state index contributed by atoms with van der Waals surface area (Å²) in [4.78, 5) is 11.7. The first kappa shape index (κ1) is 16.8. The van der Waals surface area contributed by atoms with Crippen molar-refractivity contribution in [3.8, 4) is 5.75 Å². The average molecular weight is 326 g/mol. The third-order valence-electron chi connectivity index (χ3n) is 4.00. The van der Waals surface area contributed by atoms with Crippen LogP contribution in [0.3, 0.4) is 0 Å². The quantitative estimate of drug-likeness (QED) is 0.567. The number of methoxy groups -OCH3 is 1. The Morgan fingerprint density at radius 2 is 1.95 bits per heavy atom. The van der Waals surface area contributed by atoms with E-state index in [1.807, 2.05) is 30.3 Å². The third-order valence-corrected chi connectivity index (χ3v) is 6.35. The zero-order valence-corrected chi connectivity index (χ0v) is 13.6. The maximum absolute atomic E-state index is 12.4. The van der Waals surface area contributed by atoms with Crippen molar-refractivity contribution in [1.29, 1.82) is 0 Å². The third kappa shape index (κ3) is 4.22. The van der Waals surface area contributed by atoms with Gasteiger partial charge in [0.05, 0.1) is 30.6 Å². The maximum atomic E-state index is 12.4. The number of rotatable bonds is 7. The number of esters is 1. The molecule has 0 aromatic heterocycles. The molecular formula is C16H22O5S. The minimum Gasteiger partial charge on any atom is -0.494 e. The molecule has 22 heavy (non-hydrogen) atoms. The van der Waals surface area contributed by atoms with Gasteiger partial charge in [-0.2, -0.15) is 0 Å². The van der Waals surface area contributed by atoms with Crippen LogP contribution in [0.1, 0.15) is 25.7 Å². The molecule has 1 aliphatic carbocycles. The molecule has 122 valence electrons.